The minimum atomic E-state index is -0.0392. The van der Waals surface area contributed by atoms with E-state index in [1.165, 1.54) is 17.7 Å². The third kappa shape index (κ3) is 3.59. The fourth-order valence-electron chi connectivity index (χ4n) is 3.01. The van der Waals surface area contributed by atoms with Gasteiger partial charge in [-0.15, -0.1) is 0 Å². The summed E-state index contributed by atoms with van der Waals surface area (Å²) in [4.78, 5) is 13.8. The van der Waals surface area contributed by atoms with E-state index in [0.717, 1.165) is 23.3 Å². The number of likely N-dealkylation sites (tertiary alicyclic amines) is 1. The zero-order chi connectivity index (χ0) is 15.4. The lowest BCUT2D eigenvalue weighted by Gasteiger charge is -2.23. The largest absolute Gasteiger partial charge is 0.463 e. The van der Waals surface area contributed by atoms with E-state index in [4.69, 9.17) is 4.42 Å². The van der Waals surface area contributed by atoms with E-state index in [9.17, 15) is 4.79 Å². The summed E-state index contributed by atoms with van der Waals surface area (Å²) < 4.78 is 6.55. The number of halogens is 1. The predicted molar refractivity (Wildman–Crippen MR) is 87.9 cm³/mol. The fourth-order valence-corrected chi connectivity index (χ4v) is 3.28. The molecule has 1 saturated heterocycles. The van der Waals surface area contributed by atoms with Crippen molar-refractivity contribution in [2.75, 3.05) is 19.6 Å². The first-order valence-electron chi connectivity index (χ1n) is 7.66. The van der Waals surface area contributed by atoms with Gasteiger partial charge in [0.25, 0.3) is 5.91 Å². The average molecular weight is 364 g/mol. The number of hydrogen-bond donors (Lipinski definition) is 2. The fraction of sp³-hybridized carbons (Fsp3) is 0.353. The highest BCUT2D eigenvalue weighted by Gasteiger charge is 2.29. The van der Waals surface area contributed by atoms with Crippen LogP contribution in [-0.2, 0) is 0 Å². The van der Waals surface area contributed by atoms with E-state index in [1.807, 2.05) is 36.4 Å². The molecule has 0 bridgehead atoms. The summed E-state index contributed by atoms with van der Waals surface area (Å²) in [6, 6.07) is 11.5. The lowest BCUT2D eigenvalue weighted by Crippen LogP contribution is -3.11. The Morgan fingerprint density at radius 2 is 1.95 bits per heavy atom. The molecule has 0 radical (unpaired) electrons. The SMILES string of the molecule is O=C(NC[C@@H](c1ccco1)[NH+]1CCCC1)c1ccc(Br)cc1. The molecule has 0 spiro atoms. The van der Waals surface area contributed by atoms with Gasteiger partial charge < -0.3 is 14.6 Å². The Labute approximate surface area is 138 Å². The molecular formula is C17H20BrN2O2+. The van der Waals surface area contributed by atoms with E-state index in [2.05, 4.69) is 21.2 Å². The van der Waals surface area contributed by atoms with Gasteiger partial charge in [0, 0.05) is 22.9 Å². The second kappa shape index (κ2) is 7.11. The Morgan fingerprint density at radius 3 is 2.59 bits per heavy atom. The van der Waals surface area contributed by atoms with Crippen LogP contribution in [0.15, 0.2) is 51.6 Å². The minimum absolute atomic E-state index is 0.0392. The summed E-state index contributed by atoms with van der Waals surface area (Å²) in [5.41, 5.74) is 0.679. The van der Waals surface area contributed by atoms with Crippen molar-refractivity contribution in [3.8, 4) is 0 Å². The molecule has 1 atom stereocenters. The van der Waals surface area contributed by atoms with Crippen LogP contribution >= 0.6 is 15.9 Å². The van der Waals surface area contributed by atoms with E-state index < -0.39 is 0 Å². The van der Waals surface area contributed by atoms with Gasteiger partial charge in [-0.05, 0) is 36.4 Å². The first kappa shape index (κ1) is 15.3. The third-order valence-corrected chi connectivity index (χ3v) is 4.73. The van der Waals surface area contributed by atoms with Crippen LogP contribution in [0.25, 0.3) is 0 Å². The summed E-state index contributed by atoms with van der Waals surface area (Å²) in [5.74, 6) is 0.913. The molecule has 1 fully saturated rings. The maximum atomic E-state index is 12.3. The zero-order valence-corrected chi connectivity index (χ0v) is 13.9. The van der Waals surface area contributed by atoms with Gasteiger partial charge in [0.1, 0.15) is 0 Å². The molecule has 2 aromatic rings. The smallest absolute Gasteiger partial charge is 0.251 e. The maximum Gasteiger partial charge on any atom is 0.251 e. The molecule has 1 aliphatic rings. The van der Waals surface area contributed by atoms with Crippen molar-refractivity contribution in [1.82, 2.24) is 5.32 Å². The second-order valence-electron chi connectivity index (χ2n) is 5.65. The van der Waals surface area contributed by atoms with E-state index in [1.54, 1.807) is 6.26 Å². The van der Waals surface area contributed by atoms with Crippen LogP contribution in [0.4, 0.5) is 0 Å². The summed E-state index contributed by atoms with van der Waals surface area (Å²) in [6.45, 7) is 2.87. The van der Waals surface area contributed by atoms with Crippen LogP contribution in [0.3, 0.4) is 0 Å². The first-order valence-corrected chi connectivity index (χ1v) is 8.45. The molecule has 4 nitrogen and oxygen atoms in total. The molecule has 1 aromatic carbocycles. The molecule has 22 heavy (non-hydrogen) atoms. The van der Waals surface area contributed by atoms with Crippen molar-refractivity contribution in [2.45, 2.75) is 18.9 Å². The molecule has 2 N–H and O–H groups in total. The van der Waals surface area contributed by atoms with Crippen molar-refractivity contribution >= 4 is 21.8 Å². The lowest BCUT2D eigenvalue weighted by atomic mass is 10.1. The minimum Gasteiger partial charge on any atom is -0.463 e. The Bertz CT molecular complexity index is 604. The molecule has 0 aliphatic carbocycles. The monoisotopic (exact) mass is 363 g/mol. The highest BCUT2D eigenvalue weighted by Crippen LogP contribution is 2.13. The Balaban J connectivity index is 1.66. The number of rotatable bonds is 5. The Hall–Kier alpha value is -1.59. The standard InChI is InChI=1S/C17H19BrN2O2/c18-14-7-5-13(6-8-14)17(21)19-12-15(16-4-3-11-22-16)20-9-1-2-10-20/h3-8,11,15H,1-2,9-10,12H2,(H,19,21)/p+1/t15-/m0/s1. The number of benzene rings is 1. The van der Waals surface area contributed by atoms with Gasteiger partial charge in [-0.3, -0.25) is 4.79 Å². The molecular weight excluding hydrogens is 344 g/mol. The van der Waals surface area contributed by atoms with E-state index >= 15 is 0 Å². The number of carbonyl (C=O) groups excluding carboxylic acids is 1. The van der Waals surface area contributed by atoms with E-state index in [0.29, 0.717) is 12.1 Å². The summed E-state index contributed by atoms with van der Waals surface area (Å²) >= 11 is 3.38. The number of amides is 1. The van der Waals surface area contributed by atoms with Gasteiger partial charge in [0.05, 0.1) is 25.9 Å². The molecule has 5 heteroatoms. The molecule has 2 heterocycles. The lowest BCUT2D eigenvalue weighted by molar-refractivity contribution is -0.919. The number of carbonyl (C=O) groups is 1. The van der Waals surface area contributed by atoms with Crippen LogP contribution in [-0.4, -0.2) is 25.5 Å². The van der Waals surface area contributed by atoms with Crippen LogP contribution in [0, 0.1) is 0 Å². The molecule has 0 saturated carbocycles. The van der Waals surface area contributed by atoms with Crippen LogP contribution in [0.1, 0.15) is 35.0 Å². The van der Waals surface area contributed by atoms with Gasteiger partial charge in [0.15, 0.2) is 11.8 Å². The van der Waals surface area contributed by atoms with Gasteiger partial charge in [0.2, 0.25) is 0 Å². The Morgan fingerprint density at radius 1 is 1.23 bits per heavy atom. The van der Waals surface area contributed by atoms with Gasteiger partial charge in [-0.2, -0.15) is 0 Å². The Kier molecular flexibility index (Phi) is 4.95. The van der Waals surface area contributed by atoms with Crippen LogP contribution in [0.2, 0.25) is 0 Å². The average Bonchev–Trinajstić information content (AvgIpc) is 3.22. The molecule has 1 aliphatic heterocycles. The summed E-state index contributed by atoms with van der Waals surface area (Å²) in [5, 5.41) is 3.05. The van der Waals surface area contributed by atoms with Crippen LogP contribution in [0.5, 0.6) is 0 Å². The van der Waals surface area contributed by atoms with Crippen molar-refractivity contribution in [2.24, 2.45) is 0 Å². The maximum absolute atomic E-state index is 12.3. The van der Waals surface area contributed by atoms with Crippen molar-refractivity contribution < 1.29 is 14.1 Å². The number of nitrogens with one attached hydrogen (secondary N) is 2. The molecule has 116 valence electrons. The topological polar surface area (TPSA) is 46.7 Å². The highest BCUT2D eigenvalue weighted by atomic mass is 79.9. The number of furan rings is 1. The molecule has 1 amide bonds. The highest BCUT2D eigenvalue weighted by molar-refractivity contribution is 9.10. The van der Waals surface area contributed by atoms with Crippen molar-refractivity contribution in [1.29, 1.82) is 0 Å². The summed E-state index contributed by atoms with van der Waals surface area (Å²) in [6.07, 6.45) is 4.19. The molecule has 3 rings (SSSR count). The van der Waals surface area contributed by atoms with Crippen molar-refractivity contribution in [3.05, 3.63) is 58.5 Å². The normalized spacial score (nSPS) is 16.6. The predicted octanol–water partition coefficient (Wildman–Crippen LogP) is 2.19. The van der Waals surface area contributed by atoms with Crippen molar-refractivity contribution in [3.63, 3.8) is 0 Å². The number of hydrogen-bond acceptors (Lipinski definition) is 2. The van der Waals surface area contributed by atoms with Crippen LogP contribution < -0.4 is 10.2 Å². The molecule has 0 unspecified atom stereocenters. The van der Waals surface area contributed by atoms with Gasteiger partial charge in [-0.1, -0.05) is 15.9 Å². The molecule has 1 aromatic heterocycles. The van der Waals surface area contributed by atoms with Gasteiger partial charge >= 0.3 is 0 Å². The van der Waals surface area contributed by atoms with E-state index in [-0.39, 0.29) is 11.9 Å². The first-order chi connectivity index (χ1) is 10.7. The summed E-state index contributed by atoms with van der Waals surface area (Å²) in [7, 11) is 0. The van der Waals surface area contributed by atoms with Gasteiger partial charge in [-0.25, -0.2) is 0 Å². The second-order valence-corrected chi connectivity index (χ2v) is 6.57. The zero-order valence-electron chi connectivity index (χ0n) is 12.3. The number of quaternary nitrogens is 1. The quantitative estimate of drug-likeness (QED) is 0.855. The third-order valence-electron chi connectivity index (χ3n) is 4.20.